The summed E-state index contributed by atoms with van der Waals surface area (Å²) in [6, 6.07) is 2.96. The highest BCUT2D eigenvalue weighted by Gasteiger charge is 2.36. The Bertz CT molecular complexity index is 1160. The van der Waals surface area contributed by atoms with E-state index in [2.05, 4.69) is 26.9 Å². The fourth-order valence-corrected chi connectivity index (χ4v) is 3.26. The Morgan fingerprint density at radius 3 is 2.66 bits per heavy atom. The van der Waals surface area contributed by atoms with Crippen LogP contribution >= 0.6 is 0 Å². The van der Waals surface area contributed by atoms with Crippen molar-refractivity contribution in [1.29, 1.82) is 0 Å². The van der Waals surface area contributed by atoms with Gasteiger partial charge in [-0.1, -0.05) is 0 Å². The number of carbonyl (C=O) groups is 1. The van der Waals surface area contributed by atoms with Gasteiger partial charge in [-0.05, 0) is 44.2 Å². The Morgan fingerprint density at radius 1 is 1.21 bits per heavy atom. The second-order valence-corrected chi connectivity index (χ2v) is 6.64. The van der Waals surface area contributed by atoms with Crippen molar-refractivity contribution < 1.29 is 18.0 Å². The van der Waals surface area contributed by atoms with Gasteiger partial charge in [0, 0.05) is 25.7 Å². The molecule has 3 aromatic heterocycles. The molecule has 0 spiro atoms. The Balaban J connectivity index is 1.68. The van der Waals surface area contributed by atoms with Crippen molar-refractivity contribution in [2.45, 2.75) is 39.4 Å². The van der Waals surface area contributed by atoms with E-state index in [0.717, 1.165) is 10.9 Å². The van der Waals surface area contributed by atoms with Crippen molar-refractivity contribution in [3.63, 3.8) is 0 Å². The first kappa shape index (κ1) is 19.0. The number of hydrogen-bond donors (Lipinski definition) is 0. The Labute approximate surface area is 164 Å². The lowest BCUT2D eigenvalue weighted by Gasteiger charge is -2.10. The van der Waals surface area contributed by atoms with E-state index in [1.54, 1.807) is 11.1 Å². The maximum absolute atomic E-state index is 13.0. The van der Waals surface area contributed by atoms with Crippen molar-refractivity contribution >= 4 is 17.4 Å². The molecule has 1 fully saturated rings. The van der Waals surface area contributed by atoms with E-state index in [4.69, 9.17) is 0 Å². The van der Waals surface area contributed by atoms with E-state index in [9.17, 15) is 18.0 Å². The number of carbonyl (C=O) groups excluding carboxylic acids is 1. The topological polar surface area (TPSA) is 68.3 Å². The molecule has 0 atom stereocenters. The Kier molecular flexibility index (Phi) is 4.53. The number of rotatable bonds is 2. The standard InChI is InChI=1S/C19H17F3N6O/c1-3-26-11-16(27-10-4-5-17(27)29)23-14(26)8-6-13-7-9-15-24-18(19(20,21)22)12(2)28(15)25-13/h7,9,11H,3-5,10H2,1-2H3. The SMILES string of the molecule is CCn1cc(N2CCCC2=O)nc1C#Cc1ccc2nc(C(F)(F)F)c(C)n2n1. The van der Waals surface area contributed by atoms with E-state index < -0.39 is 11.9 Å². The van der Waals surface area contributed by atoms with Gasteiger partial charge in [-0.2, -0.15) is 18.3 Å². The number of anilines is 1. The van der Waals surface area contributed by atoms with Gasteiger partial charge in [-0.25, -0.2) is 14.5 Å². The van der Waals surface area contributed by atoms with Gasteiger partial charge in [0.2, 0.25) is 5.91 Å². The van der Waals surface area contributed by atoms with Crippen LogP contribution in [-0.2, 0) is 17.5 Å². The predicted octanol–water partition coefficient (Wildman–Crippen LogP) is 2.80. The lowest BCUT2D eigenvalue weighted by Crippen LogP contribution is -2.23. The molecule has 29 heavy (non-hydrogen) atoms. The van der Waals surface area contributed by atoms with Crippen molar-refractivity contribution in [2.75, 3.05) is 11.4 Å². The van der Waals surface area contributed by atoms with Crippen LogP contribution in [0.4, 0.5) is 19.0 Å². The second kappa shape index (κ2) is 6.92. The lowest BCUT2D eigenvalue weighted by atomic mass is 10.3. The van der Waals surface area contributed by atoms with Crippen LogP contribution in [0.3, 0.4) is 0 Å². The molecule has 0 N–H and O–H groups in total. The molecule has 150 valence electrons. The van der Waals surface area contributed by atoms with Gasteiger partial charge >= 0.3 is 6.18 Å². The van der Waals surface area contributed by atoms with E-state index in [0.29, 0.717) is 31.2 Å². The summed E-state index contributed by atoms with van der Waals surface area (Å²) in [6.45, 7) is 4.49. The number of imidazole rings is 2. The van der Waals surface area contributed by atoms with E-state index >= 15 is 0 Å². The molecule has 4 heterocycles. The van der Waals surface area contributed by atoms with Crippen molar-refractivity contribution in [3.8, 4) is 11.8 Å². The third kappa shape index (κ3) is 3.44. The van der Waals surface area contributed by atoms with E-state index in [-0.39, 0.29) is 22.9 Å². The minimum absolute atomic E-state index is 0.0356. The summed E-state index contributed by atoms with van der Waals surface area (Å²) in [5, 5.41) is 4.15. The molecule has 4 rings (SSSR count). The summed E-state index contributed by atoms with van der Waals surface area (Å²) in [5.41, 5.74) is -0.668. The summed E-state index contributed by atoms with van der Waals surface area (Å²) in [7, 11) is 0. The van der Waals surface area contributed by atoms with Gasteiger partial charge < -0.3 is 4.57 Å². The maximum Gasteiger partial charge on any atom is 0.435 e. The maximum atomic E-state index is 13.0. The van der Waals surface area contributed by atoms with Crippen LogP contribution in [-0.4, -0.2) is 36.6 Å². The molecule has 3 aromatic rings. The first-order valence-corrected chi connectivity index (χ1v) is 9.11. The summed E-state index contributed by atoms with van der Waals surface area (Å²) in [5.74, 6) is 6.80. The summed E-state index contributed by atoms with van der Waals surface area (Å²) in [6.07, 6.45) is -1.46. The molecule has 0 aromatic carbocycles. The zero-order valence-corrected chi connectivity index (χ0v) is 15.8. The summed E-state index contributed by atoms with van der Waals surface area (Å²) in [4.78, 5) is 21.6. The molecular weight excluding hydrogens is 385 g/mol. The average Bonchev–Trinajstić information content (AvgIpc) is 3.36. The number of fused-ring (bicyclic) bond motifs is 1. The first-order valence-electron chi connectivity index (χ1n) is 9.11. The lowest BCUT2D eigenvalue weighted by molar-refractivity contribution is -0.141. The van der Waals surface area contributed by atoms with Gasteiger partial charge in [-0.15, -0.1) is 0 Å². The molecular formula is C19H17F3N6O. The van der Waals surface area contributed by atoms with Crippen molar-refractivity contribution in [1.82, 2.24) is 24.1 Å². The van der Waals surface area contributed by atoms with Gasteiger partial charge in [-0.3, -0.25) is 9.69 Å². The van der Waals surface area contributed by atoms with Crippen molar-refractivity contribution in [3.05, 3.63) is 41.2 Å². The van der Waals surface area contributed by atoms with E-state index in [1.807, 2.05) is 11.5 Å². The highest BCUT2D eigenvalue weighted by atomic mass is 19.4. The number of aromatic nitrogens is 5. The number of aryl methyl sites for hydroxylation is 2. The highest BCUT2D eigenvalue weighted by Crippen LogP contribution is 2.31. The Hall–Kier alpha value is -3.35. The van der Waals surface area contributed by atoms with Crippen LogP contribution in [0.2, 0.25) is 0 Å². The van der Waals surface area contributed by atoms with Crippen LogP contribution in [0.25, 0.3) is 5.65 Å². The number of amides is 1. The molecule has 0 saturated carbocycles. The summed E-state index contributed by atoms with van der Waals surface area (Å²) < 4.78 is 42.0. The molecule has 1 aliphatic heterocycles. The highest BCUT2D eigenvalue weighted by molar-refractivity contribution is 5.94. The normalized spacial score (nSPS) is 14.5. The molecule has 1 aliphatic rings. The third-order valence-corrected chi connectivity index (χ3v) is 4.73. The van der Waals surface area contributed by atoms with Gasteiger partial charge in [0.05, 0.1) is 5.69 Å². The van der Waals surface area contributed by atoms with Gasteiger partial charge in [0.1, 0.15) is 5.69 Å². The van der Waals surface area contributed by atoms with Crippen LogP contribution in [0.5, 0.6) is 0 Å². The number of nitrogens with zero attached hydrogens (tertiary/aromatic N) is 6. The molecule has 10 heteroatoms. The molecule has 0 unspecified atom stereocenters. The van der Waals surface area contributed by atoms with Crippen LogP contribution in [0, 0.1) is 18.8 Å². The quantitative estimate of drug-likeness (QED) is 0.619. The minimum atomic E-state index is -4.54. The van der Waals surface area contributed by atoms with E-state index in [1.165, 1.54) is 19.1 Å². The van der Waals surface area contributed by atoms with Crippen LogP contribution < -0.4 is 4.90 Å². The smallest absolute Gasteiger partial charge is 0.322 e. The molecule has 0 bridgehead atoms. The Morgan fingerprint density at radius 2 is 2.00 bits per heavy atom. The van der Waals surface area contributed by atoms with Crippen molar-refractivity contribution in [2.24, 2.45) is 0 Å². The monoisotopic (exact) mass is 402 g/mol. The fourth-order valence-electron chi connectivity index (χ4n) is 3.26. The predicted molar refractivity (Wildman–Crippen MR) is 98.2 cm³/mol. The molecule has 1 saturated heterocycles. The molecule has 7 nitrogen and oxygen atoms in total. The number of alkyl halides is 3. The third-order valence-electron chi connectivity index (χ3n) is 4.73. The van der Waals surface area contributed by atoms with Crippen LogP contribution in [0.1, 0.15) is 42.7 Å². The first-order chi connectivity index (χ1) is 13.8. The average molecular weight is 402 g/mol. The van der Waals surface area contributed by atoms with Gasteiger partial charge in [0.15, 0.2) is 23.0 Å². The number of hydrogen-bond acceptors (Lipinski definition) is 4. The van der Waals surface area contributed by atoms with Crippen LogP contribution in [0.15, 0.2) is 18.3 Å². The molecule has 0 aliphatic carbocycles. The summed E-state index contributed by atoms with van der Waals surface area (Å²) >= 11 is 0. The molecule has 1 amide bonds. The number of halogens is 3. The zero-order valence-electron chi connectivity index (χ0n) is 15.8. The fraction of sp³-hybridized carbons (Fsp3) is 0.368. The zero-order chi connectivity index (χ0) is 20.8. The largest absolute Gasteiger partial charge is 0.435 e. The second-order valence-electron chi connectivity index (χ2n) is 6.64. The molecule has 0 radical (unpaired) electrons. The minimum Gasteiger partial charge on any atom is -0.322 e. The van der Waals surface area contributed by atoms with Gasteiger partial charge in [0.25, 0.3) is 0 Å².